The van der Waals surface area contributed by atoms with Gasteiger partial charge in [0, 0.05) is 5.92 Å². The highest BCUT2D eigenvalue weighted by molar-refractivity contribution is 5.80. The number of hydrogen-bond donors (Lipinski definition) is 0. The van der Waals surface area contributed by atoms with Gasteiger partial charge in [-0.05, 0) is 47.1 Å². The van der Waals surface area contributed by atoms with Gasteiger partial charge in [0.1, 0.15) is 0 Å². The molecule has 3 aromatic carbocycles. The van der Waals surface area contributed by atoms with E-state index in [1.807, 2.05) is 0 Å². The molecular weight excluding hydrogens is 336 g/mol. The predicted molar refractivity (Wildman–Crippen MR) is 121 cm³/mol. The Labute approximate surface area is 169 Å². The molecule has 0 aliphatic heterocycles. The molecule has 0 fully saturated rings. The molecule has 0 heteroatoms. The highest BCUT2D eigenvalue weighted by atomic mass is 14.3. The number of rotatable bonds is 8. The fourth-order valence-corrected chi connectivity index (χ4v) is 4.63. The quantitative estimate of drug-likeness (QED) is 0.360. The van der Waals surface area contributed by atoms with E-state index < -0.39 is 0 Å². The van der Waals surface area contributed by atoms with Crippen LogP contribution in [0.1, 0.15) is 60.8 Å². The van der Waals surface area contributed by atoms with Gasteiger partial charge in [0.15, 0.2) is 0 Å². The first-order valence-electron chi connectivity index (χ1n) is 10.8. The van der Waals surface area contributed by atoms with E-state index in [4.69, 9.17) is 0 Å². The molecule has 0 spiro atoms. The topological polar surface area (TPSA) is 0 Å². The van der Waals surface area contributed by atoms with E-state index >= 15 is 0 Å². The summed E-state index contributed by atoms with van der Waals surface area (Å²) in [5, 5.41) is 0. The molecule has 1 aliphatic rings. The van der Waals surface area contributed by atoms with Crippen LogP contribution in [0.15, 0.2) is 90.5 Å². The van der Waals surface area contributed by atoms with Gasteiger partial charge in [-0.25, -0.2) is 0 Å². The lowest BCUT2D eigenvalue weighted by molar-refractivity contribution is 0.611. The summed E-state index contributed by atoms with van der Waals surface area (Å²) in [5.41, 5.74) is 9.08. The van der Waals surface area contributed by atoms with Crippen molar-refractivity contribution in [2.45, 2.75) is 51.4 Å². The standard InChI is InChI=1S/C28H30/c1-2-3-6-17-25-24-18-11-12-19-26(24)28(21-23-15-9-5-10-16-23)27(25)20-22-13-7-4-8-14-22/h4-5,7-16,18-19,25H,2-3,6,17,20-21H2,1H3. The van der Waals surface area contributed by atoms with Crippen molar-refractivity contribution in [3.8, 4) is 0 Å². The van der Waals surface area contributed by atoms with Crippen molar-refractivity contribution in [1.82, 2.24) is 0 Å². The Kier molecular flexibility index (Phi) is 6.07. The first-order valence-corrected chi connectivity index (χ1v) is 10.8. The Balaban J connectivity index is 1.75. The summed E-state index contributed by atoms with van der Waals surface area (Å²) in [6, 6.07) is 31.1. The van der Waals surface area contributed by atoms with Crippen LogP contribution in [0.25, 0.3) is 5.57 Å². The van der Waals surface area contributed by atoms with Crippen molar-refractivity contribution in [3.63, 3.8) is 0 Å². The minimum Gasteiger partial charge on any atom is -0.0654 e. The van der Waals surface area contributed by atoms with Crippen LogP contribution in [0.2, 0.25) is 0 Å². The average Bonchev–Trinajstić information content (AvgIpc) is 3.03. The van der Waals surface area contributed by atoms with Crippen LogP contribution in [0.5, 0.6) is 0 Å². The second kappa shape index (κ2) is 9.06. The number of unbranched alkanes of at least 4 members (excludes halogenated alkanes) is 2. The molecule has 28 heavy (non-hydrogen) atoms. The lowest BCUT2D eigenvalue weighted by atomic mass is 9.86. The predicted octanol–water partition coefficient (Wildman–Crippen LogP) is 7.60. The molecule has 1 atom stereocenters. The monoisotopic (exact) mass is 366 g/mol. The number of hydrogen-bond acceptors (Lipinski definition) is 0. The lowest BCUT2D eigenvalue weighted by Crippen LogP contribution is -2.03. The van der Waals surface area contributed by atoms with E-state index in [2.05, 4.69) is 91.9 Å². The second-order valence-electron chi connectivity index (χ2n) is 7.96. The van der Waals surface area contributed by atoms with E-state index in [0.29, 0.717) is 5.92 Å². The van der Waals surface area contributed by atoms with Gasteiger partial charge >= 0.3 is 0 Å². The minimum atomic E-state index is 0.571. The molecule has 142 valence electrons. The average molecular weight is 367 g/mol. The van der Waals surface area contributed by atoms with E-state index in [9.17, 15) is 0 Å². The van der Waals surface area contributed by atoms with Gasteiger partial charge < -0.3 is 0 Å². The molecular formula is C28H30. The molecule has 0 bridgehead atoms. The second-order valence-corrected chi connectivity index (χ2v) is 7.96. The van der Waals surface area contributed by atoms with Crippen molar-refractivity contribution < 1.29 is 0 Å². The zero-order valence-corrected chi connectivity index (χ0v) is 16.9. The Morgan fingerprint density at radius 1 is 0.643 bits per heavy atom. The van der Waals surface area contributed by atoms with E-state index in [1.54, 1.807) is 16.7 Å². The maximum Gasteiger partial charge on any atom is 0.00636 e. The summed E-state index contributed by atoms with van der Waals surface area (Å²) >= 11 is 0. The smallest absolute Gasteiger partial charge is 0.00636 e. The lowest BCUT2D eigenvalue weighted by Gasteiger charge is -2.18. The molecule has 0 heterocycles. The minimum absolute atomic E-state index is 0.571. The van der Waals surface area contributed by atoms with E-state index in [0.717, 1.165) is 12.8 Å². The van der Waals surface area contributed by atoms with Gasteiger partial charge in [0.05, 0.1) is 0 Å². The summed E-state index contributed by atoms with van der Waals surface area (Å²) in [5.74, 6) is 0.571. The number of fused-ring (bicyclic) bond motifs is 1. The third-order valence-electron chi connectivity index (χ3n) is 6.03. The number of benzene rings is 3. The van der Waals surface area contributed by atoms with Crippen molar-refractivity contribution in [2.24, 2.45) is 0 Å². The largest absolute Gasteiger partial charge is 0.0654 e. The molecule has 0 saturated heterocycles. The third kappa shape index (κ3) is 4.12. The Bertz CT molecular complexity index is 919. The SMILES string of the molecule is CCCCCC1C(Cc2ccccc2)=C(Cc2ccccc2)c2ccccc21. The first kappa shape index (κ1) is 18.7. The third-order valence-corrected chi connectivity index (χ3v) is 6.03. The number of allylic oxidation sites excluding steroid dienone is 2. The zero-order chi connectivity index (χ0) is 19.2. The summed E-state index contributed by atoms with van der Waals surface area (Å²) < 4.78 is 0. The molecule has 0 radical (unpaired) electrons. The molecule has 0 saturated carbocycles. The van der Waals surface area contributed by atoms with Crippen molar-refractivity contribution in [2.75, 3.05) is 0 Å². The molecule has 0 aromatic heterocycles. The maximum absolute atomic E-state index is 2.37. The van der Waals surface area contributed by atoms with Crippen LogP contribution < -0.4 is 0 Å². The molecule has 3 aromatic rings. The highest BCUT2D eigenvalue weighted by Gasteiger charge is 2.30. The van der Waals surface area contributed by atoms with E-state index in [-0.39, 0.29) is 0 Å². The van der Waals surface area contributed by atoms with Gasteiger partial charge in [-0.2, -0.15) is 0 Å². The molecule has 0 amide bonds. The fourth-order valence-electron chi connectivity index (χ4n) is 4.63. The molecule has 0 N–H and O–H groups in total. The van der Waals surface area contributed by atoms with Crippen LogP contribution in [0.3, 0.4) is 0 Å². The van der Waals surface area contributed by atoms with Crippen molar-refractivity contribution in [1.29, 1.82) is 0 Å². The summed E-state index contributed by atoms with van der Waals surface area (Å²) in [4.78, 5) is 0. The molecule has 4 rings (SSSR count). The molecule has 0 nitrogen and oxygen atoms in total. The summed E-state index contributed by atoms with van der Waals surface area (Å²) in [6.07, 6.45) is 7.28. The van der Waals surface area contributed by atoms with Crippen molar-refractivity contribution in [3.05, 3.63) is 113 Å². The Morgan fingerprint density at radius 2 is 1.25 bits per heavy atom. The van der Waals surface area contributed by atoms with Crippen LogP contribution in [0, 0.1) is 0 Å². The van der Waals surface area contributed by atoms with Crippen LogP contribution in [-0.2, 0) is 12.8 Å². The van der Waals surface area contributed by atoms with Crippen LogP contribution in [0.4, 0.5) is 0 Å². The molecule has 1 aliphatic carbocycles. The summed E-state index contributed by atoms with van der Waals surface area (Å²) in [7, 11) is 0. The van der Waals surface area contributed by atoms with Crippen LogP contribution in [-0.4, -0.2) is 0 Å². The van der Waals surface area contributed by atoms with Gasteiger partial charge in [-0.1, -0.05) is 117 Å². The van der Waals surface area contributed by atoms with Crippen molar-refractivity contribution >= 4 is 5.57 Å². The Morgan fingerprint density at radius 3 is 1.93 bits per heavy atom. The van der Waals surface area contributed by atoms with Crippen LogP contribution >= 0.6 is 0 Å². The van der Waals surface area contributed by atoms with Gasteiger partial charge in [-0.3, -0.25) is 0 Å². The highest BCUT2D eigenvalue weighted by Crippen LogP contribution is 2.47. The fraction of sp³-hybridized carbons (Fsp3) is 0.286. The first-order chi connectivity index (χ1) is 13.9. The maximum atomic E-state index is 2.37. The molecule has 1 unspecified atom stereocenters. The van der Waals surface area contributed by atoms with Gasteiger partial charge in [-0.15, -0.1) is 0 Å². The zero-order valence-electron chi connectivity index (χ0n) is 16.9. The van der Waals surface area contributed by atoms with Gasteiger partial charge in [0.2, 0.25) is 0 Å². The Hall–Kier alpha value is -2.60. The normalized spacial score (nSPS) is 15.7. The van der Waals surface area contributed by atoms with Gasteiger partial charge in [0.25, 0.3) is 0 Å². The van der Waals surface area contributed by atoms with E-state index in [1.165, 1.54) is 42.4 Å². The summed E-state index contributed by atoms with van der Waals surface area (Å²) in [6.45, 7) is 2.30.